The van der Waals surface area contributed by atoms with E-state index in [0.717, 1.165) is 62.0 Å². The van der Waals surface area contributed by atoms with Gasteiger partial charge in [-0.1, -0.05) is 92.7 Å². The molecule has 1 aliphatic rings. The maximum Gasteiger partial charge on any atom is 0.407 e. The summed E-state index contributed by atoms with van der Waals surface area (Å²) in [5.41, 5.74) is 0.865. The number of hydrogen-bond acceptors (Lipinski definition) is 11. The van der Waals surface area contributed by atoms with Crippen molar-refractivity contribution in [2.45, 2.75) is 156 Å². The summed E-state index contributed by atoms with van der Waals surface area (Å²) < 4.78 is 6.05. The van der Waals surface area contributed by atoms with E-state index in [9.17, 15) is 34.2 Å². The van der Waals surface area contributed by atoms with Crippen molar-refractivity contribution in [1.29, 1.82) is 0 Å². The lowest BCUT2D eigenvalue weighted by molar-refractivity contribution is -0.212. The molecule has 2 aromatic rings. The van der Waals surface area contributed by atoms with Gasteiger partial charge in [-0.3, -0.25) is 28.9 Å². The number of phenolic OH excluding ortho intramolecular Hbond substituents is 1. The number of nitrogens with one attached hydrogen (secondary N) is 3. The molecule has 0 spiro atoms. The van der Waals surface area contributed by atoms with Crippen LogP contribution in [0.15, 0.2) is 29.6 Å². The smallest absolute Gasteiger partial charge is 0.407 e. The zero-order valence-electron chi connectivity index (χ0n) is 37.6. The van der Waals surface area contributed by atoms with Crippen LogP contribution >= 0.6 is 11.3 Å². The van der Waals surface area contributed by atoms with Crippen LogP contribution in [0.1, 0.15) is 146 Å². The fraction of sp³-hybridized carbons (Fsp3) is 0.689. The van der Waals surface area contributed by atoms with E-state index in [1.165, 1.54) is 17.2 Å². The Morgan fingerprint density at radius 3 is 2.31 bits per heavy atom. The summed E-state index contributed by atoms with van der Waals surface area (Å²) in [5.74, 6) is -3.16. The number of aromatic nitrogens is 1. The number of phenols is 1. The minimum atomic E-state index is -0.998. The molecular formula is C45H72N6O9S. The van der Waals surface area contributed by atoms with Crippen molar-refractivity contribution in [3.8, 4) is 5.75 Å². The number of hydroxylamine groups is 2. The van der Waals surface area contributed by atoms with Crippen LogP contribution in [0.5, 0.6) is 5.75 Å². The lowest BCUT2D eigenvalue weighted by Crippen LogP contribution is -2.58. The van der Waals surface area contributed by atoms with Crippen LogP contribution in [0.4, 0.5) is 4.79 Å². The van der Waals surface area contributed by atoms with E-state index in [1.54, 1.807) is 24.4 Å². The Morgan fingerprint density at radius 1 is 0.967 bits per heavy atom. The Labute approximate surface area is 366 Å². The fourth-order valence-corrected chi connectivity index (χ4v) is 8.22. The average molecular weight is 873 g/mol. The molecule has 342 valence electrons. The molecule has 16 heteroatoms. The van der Waals surface area contributed by atoms with E-state index in [0.29, 0.717) is 37.2 Å². The zero-order chi connectivity index (χ0) is 45.1. The summed E-state index contributed by atoms with van der Waals surface area (Å²) >= 11 is 1.14. The molecule has 1 aliphatic heterocycles. The molecule has 0 aliphatic carbocycles. The zero-order valence-corrected chi connectivity index (χ0v) is 38.4. The number of carboxylic acids is 1. The number of likely N-dealkylation sites (N-methyl/N-ethyl adjacent to an activating group) is 1. The van der Waals surface area contributed by atoms with Gasteiger partial charge in [0, 0.05) is 24.4 Å². The van der Waals surface area contributed by atoms with E-state index < -0.39 is 48.1 Å². The number of carbonyl (C=O) groups is 5. The minimum Gasteiger partial charge on any atom is -0.508 e. The summed E-state index contributed by atoms with van der Waals surface area (Å²) in [6, 6.07) is 4.08. The predicted molar refractivity (Wildman–Crippen MR) is 236 cm³/mol. The SMILES string of the molecule is CCCCCCON(C(=O)[C@@H](NC(=O)[C@H]1CCCCN1C)[C@@H](C)CC)[C@H](C[C@@H](OC(=O)NCCC)c1nc(C(=O)N[C@@H](Cc2ccc(O)cc2)C[C@H](C)C(=O)O)cs1)C(C)C. The maximum absolute atomic E-state index is 14.9. The number of rotatable bonds is 26. The van der Waals surface area contributed by atoms with Crippen molar-refractivity contribution in [1.82, 2.24) is 30.9 Å². The molecule has 5 N–H and O–H groups in total. The van der Waals surface area contributed by atoms with E-state index in [-0.39, 0.29) is 60.6 Å². The van der Waals surface area contributed by atoms with Crippen molar-refractivity contribution >= 4 is 41.1 Å². The number of alkyl carbamates (subject to hydrolysis) is 1. The minimum absolute atomic E-state index is 0.0645. The number of amides is 4. The average Bonchev–Trinajstić information content (AvgIpc) is 3.73. The normalized spacial score (nSPS) is 17.4. The molecular weight excluding hydrogens is 801 g/mol. The highest BCUT2D eigenvalue weighted by atomic mass is 32.1. The van der Waals surface area contributed by atoms with Gasteiger partial charge in [-0.2, -0.15) is 0 Å². The number of hydrogen-bond donors (Lipinski definition) is 5. The van der Waals surface area contributed by atoms with Gasteiger partial charge in [0.15, 0.2) is 6.10 Å². The van der Waals surface area contributed by atoms with Crippen molar-refractivity contribution in [2.24, 2.45) is 17.8 Å². The molecule has 7 atom stereocenters. The molecule has 1 saturated heterocycles. The predicted octanol–water partition coefficient (Wildman–Crippen LogP) is 7.25. The first kappa shape index (κ1) is 51.1. The highest BCUT2D eigenvalue weighted by Gasteiger charge is 2.40. The molecule has 2 heterocycles. The first-order valence-electron chi connectivity index (χ1n) is 22.3. The first-order chi connectivity index (χ1) is 29.1. The lowest BCUT2D eigenvalue weighted by atomic mass is 9.93. The highest BCUT2D eigenvalue weighted by Crippen LogP contribution is 2.32. The van der Waals surface area contributed by atoms with E-state index >= 15 is 0 Å². The van der Waals surface area contributed by atoms with Gasteiger partial charge in [0.05, 0.1) is 24.6 Å². The molecule has 61 heavy (non-hydrogen) atoms. The Hall–Kier alpha value is -4.28. The Kier molecular flexibility index (Phi) is 22.0. The van der Waals surface area contributed by atoms with Gasteiger partial charge in [0.2, 0.25) is 5.91 Å². The molecule has 1 aromatic heterocycles. The summed E-state index contributed by atoms with van der Waals surface area (Å²) in [6.45, 7) is 14.9. The third kappa shape index (κ3) is 16.5. The van der Waals surface area contributed by atoms with E-state index in [4.69, 9.17) is 9.57 Å². The number of benzene rings is 1. The summed E-state index contributed by atoms with van der Waals surface area (Å²) in [7, 11) is 1.94. The second-order valence-corrected chi connectivity index (χ2v) is 17.8. The number of likely N-dealkylation sites (tertiary alicyclic amines) is 1. The quantitative estimate of drug-likeness (QED) is 0.0471. The van der Waals surface area contributed by atoms with Crippen molar-refractivity contribution in [3.63, 3.8) is 0 Å². The molecule has 0 bridgehead atoms. The van der Waals surface area contributed by atoms with Gasteiger partial charge in [0.25, 0.3) is 11.8 Å². The summed E-state index contributed by atoms with van der Waals surface area (Å²) in [5, 5.41) is 31.5. The third-order valence-electron chi connectivity index (χ3n) is 11.4. The standard InChI is InChI=1S/C45H72N6O9S/c1-9-12-13-16-24-59-51(43(55)39(30(6)11-3)49-41(54)36-17-14-15-23-50(36)8)37(29(4)5)27-38(60-45(58)46-22-10-2)42-48-35(28-61-42)40(53)47-33(25-31(7)44(56)57)26-32-18-20-34(52)21-19-32/h18-21,28-31,33,36-39,52H,9-17,22-27H2,1-8H3,(H,46,58)(H,47,53)(H,49,54)(H,56,57)/t30-,31-,33+,36+,37+,38+,39-/m0/s1. The summed E-state index contributed by atoms with van der Waals surface area (Å²) in [4.78, 5) is 80.6. The third-order valence-corrected chi connectivity index (χ3v) is 12.4. The second-order valence-electron chi connectivity index (χ2n) is 16.9. The molecule has 15 nitrogen and oxygen atoms in total. The molecule has 3 rings (SSSR count). The van der Waals surface area contributed by atoms with Gasteiger partial charge in [0.1, 0.15) is 22.5 Å². The molecule has 1 fully saturated rings. The molecule has 1 aromatic carbocycles. The number of aromatic hydroxyl groups is 1. The number of nitrogens with zero attached hydrogens (tertiary/aromatic N) is 3. The van der Waals surface area contributed by atoms with Crippen molar-refractivity contribution < 1.29 is 43.8 Å². The van der Waals surface area contributed by atoms with Gasteiger partial charge >= 0.3 is 12.1 Å². The largest absolute Gasteiger partial charge is 0.508 e. The molecule has 0 saturated carbocycles. The van der Waals surface area contributed by atoms with Crippen LogP contribution < -0.4 is 16.0 Å². The van der Waals surface area contributed by atoms with Gasteiger partial charge in [-0.15, -0.1) is 11.3 Å². The van der Waals surface area contributed by atoms with Crippen LogP contribution in [0.25, 0.3) is 0 Å². The number of unbranched alkanes of at least 4 members (excludes halogenated alkanes) is 3. The Morgan fingerprint density at radius 2 is 1.69 bits per heavy atom. The fourth-order valence-electron chi connectivity index (χ4n) is 7.38. The van der Waals surface area contributed by atoms with Crippen molar-refractivity contribution in [2.75, 3.05) is 26.7 Å². The van der Waals surface area contributed by atoms with Crippen LogP contribution in [0.2, 0.25) is 0 Å². The number of carboxylic acid groups (broad SMARTS) is 1. The number of aliphatic carboxylic acids is 1. The van der Waals surface area contributed by atoms with Crippen LogP contribution in [0.3, 0.4) is 0 Å². The highest BCUT2D eigenvalue weighted by molar-refractivity contribution is 7.09. The van der Waals surface area contributed by atoms with Crippen LogP contribution in [0, 0.1) is 17.8 Å². The number of ether oxygens (including phenoxy) is 1. The van der Waals surface area contributed by atoms with E-state index in [1.807, 2.05) is 46.6 Å². The van der Waals surface area contributed by atoms with E-state index in [2.05, 4.69) is 27.9 Å². The number of thiazole rings is 1. The molecule has 4 amide bonds. The Bertz CT molecular complexity index is 1670. The van der Waals surface area contributed by atoms with Crippen molar-refractivity contribution in [3.05, 3.63) is 45.9 Å². The van der Waals surface area contributed by atoms with Gasteiger partial charge in [-0.05, 0) is 81.6 Å². The number of carbonyl (C=O) groups excluding carboxylic acids is 4. The molecule has 0 unspecified atom stereocenters. The summed E-state index contributed by atoms with van der Waals surface area (Å²) in [6.07, 6.45) is 6.53. The maximum atomic E-state index is 14.9. The molecule has 0 radical (unpaired) electrons. The van der Waals surface area contributed by atoms with Gasteiger partial charge < -0.3 is 30.9 Å². The second kappa shape index (κ2) is 26.3. The lowest BCUT2D eigenvalue weighted by Gasteiger charge is -2.39. The van der Waals surface area contributed by atoms with Crippen LogP contribution in [-0.2, 0) is 30.4 Å². The Balaban J connectivity index is 1.98. The number of piperidine rings is 1. The topological polar surface area (TPSA) is 200 Å². The monoisotopic (exact) mass is 873 g/mol. The van der Waals surface area contributed by atoms with Crippen LogP contribution in [-0.4, -0.2) is 106 Å². The first-order valence-corrected chi connectivity index (χ1v) is 23.2. The van der Waals surface area contributed by atoms with Gasteiger partial charge in [-0.25, -0.2) is 14.8 Å².